The Bertz CT molecular complexity index is 914. The van der Waals surface area contributed by atoms with E-state index in [2.05, 4.69) is 9.69 Å². The molecule has 0 bridgehead atoms. The largest absolute Gasteiger partial charge is 0.497 e. The van der Waals surface area contributed by atoms with E-state index in [4.69, 9.17) is 27.4 Å². The van der Waals surface area contributed by atoms with E-state index in [1.807, 2.05) is 30.3 Å². The lowest BCUT2D eigenvalue weighted by molar-refractivity contribution is 0.355. The molecule has 0 amide bonds. The first kappa shape index (κ1) is 18.6. The van der Waals surface area contributed by atoms with Crippen LogP contribution in [0, 0.1) is 13.1 Å². The van der Waals surface area contributed by atoms with Gasteiger partial charge in [0.15, 0.2) is 22.9 Å². The van der Waals surface area contributed by atoms with Crippen molar-refractivity contribution in [3.63, 3.8) is 0 Å². The molecule has 26 heavy (non-hydrogen) atoms. The van der Waals surface area contributed by atoms with Crippen molar-refractivity contribution in [2.75, 3.05) is 21.3 Å². The number of nitrogens with zero attached hydrogens (tertiary/aromatic N) is 2. The fourth-order valence-corrected chi connectivity index (χ4v) is 2.29. The molecule has 0 saturated carbocycles. The predicted molar refractivity (Wildman–Crippen MR) is 102 cm³/mol. The molecule has 0 radical (unpaired) electrons. The van der Waals surface area contributed by atoms with Gasteiger partial charge in [0, 0.05) is 0 Å². The number of methoxy groups -OCH3 is 3. The number of rotatable bonds is 6. The topological polar surface area (TPSA) is 36.4 Å². The molecule has 2 aromatic rings. The summed E-state index contributed by atoms with van der Waals surface area (Å²) in [5.74, 6) is 1.90. The minimum Gasteiger partial charge on any atom is -0.497 e. The second-order valence-electron chi connectivity index (χ2n) is 5.17. The Kier molecular flexibility index (Phi) is 6.42. The Morgan fingerprint density at radius 1 is 0.731 bits per heavy atom. The van der Waals surface area contributed by atoms with Gasteiger partial charge in [-0.2, -0.15) is 0 Å². The van der Waals surface area contributed by atoms with Crippen LogP contribution in [-0.4, -0.2) is 21.3 Å². The lowest BCUT2D eigenvalue weighted by atomic mass is 10.1. The number of benzene rings is 2. The van der Waals surface area contributed by atoms with E-state index in [0.717, 1.165) is 16.9 Å². The SMILES string of the molecule is [C-]#[N+]C(=C\c1ccc(OC)cc1)/C(=C/c1ccc(OC)c(OC)c1)[N+]#[C-]. The van der Waals surface area contributed by atoms with Crippen LogP contribution in [-0.2, 0) is 0 Å². The van der Waals surface area contributed by atoms with Crippen LogP contribution in [0.15, 0.2) is 53.9 Å². The second-order valence-corrected chi connectivity index (χ2v) is 5.17. The summed E-state index contributed by atoms with van der Waals surface area (Å²) in [7, 11) is 4.71. The summed E-state index contributed by atoms with van der Waals surface area (Å²) in [6.45, 7) is 14.9. The van der Waals surface area contributed by atoms with Crippen molar-refractivity contribution in [3.8, 4) is 17.2 Å². The van der Waals surface area contributed by atoms with Crippen LogP contribution >= 0.6 is 0 Å². The molecule has 5 heteroatoms. The highest BCUT2D eigenvalue weighted by Gasteiger charge is 2.08. The van der Waals surface area contributed by atoms with Crippen molar-refractivity contribution in [3.05, 3.63) is 87.8 Å². The van der Waals surface area contributed by atoms with Gasteiger partial charge in [-0.25, -0.2) is 0 Å². The first-order chi connectivity index (χ1) is 12.6. The summed E-state index contributed by atoms with van der Waals surface area (Å²) in [4.78, 5) is 7.03. The van der Waals surface area contributed by atoms with Crippen LogP contribution in [0.1, 0.15) is 11.1 Å². The van der Waals surface area contributed by atoms with E-state index < -0.39 is 0 Å². The van der Waals surface area contributed by atoms with Crippen molar-refractivity contribution >= 4 is 12.2 Å². The zero-order chi connectivity index (χ0) is 18.9. The van der Waals surface area contributed by atoms with E-state index in [0.29, 0.717) is 11.5 Å². The fourth-order valence-electron chi connectivity index (χ4n) is 2.29. The fraction of sp³-hybridized carbons (Fsp3) is 0.143. The lowest BCUT2D eigenvalue weighted by Crippen LogP contribution is -1.91. The molecule has 0 aliphatic rings. The molecule has 0 fully saturated rings. The van der Waals surface area contributed by atoms with Gasteiger partial charge in [0.2, 0.25) is 0 Å². The maximum Gasteiger partial charge on any atom is 0.195 e. The molecule has 0 aromatic heterocycles. The Labute approximate surface area is 153 Å². The summed E-state index contributed by atoms with van der Waals surface area (Å²) in [6.07, 6.45) is 3.33. The Morgan fingerprint density at radius 3 is 1.77 bits per heavy atom. The van der Waals surface area contributed by atoms with Gasteiger partial charge in [0.05, 0.1) is 34.5 Å². The third-order valence-electron chi connectivity index (χ3n) is 3.63. The molecule has 0 heterocycles. The van der Waals surface area contributed by atoms with Gasteiger partial charge in [0.25, 0.3) is 0 Å². The molecule has 0 spiro atoms. The Hall–Kier alpha value is -3.70. The molecule has 130 valence electrons. The molecule has 5 nitrogen and oxygen atoms in total. The van der Waals surface area contributed by atoms with Crippen molar-refractivity contribution in [2.45, 2.75) is 0 Å². The minimum absolute atomic E-state index is 0.253. The molecule has 0 unspecified atom stereocenters. The predicted octanol–water partition coefficient (Wildman–Crippen LogP) is 4.93. The van der Waals surface area contributed by atoms with Crippen LogP contribution in [0.5, 0.6) is 17.2 Å². The molecule has 0 aliphatic carbocycles. The van der Waals surface area contributed by atoms with Crippen LogP contribution < -0.4 is 14.2 Å². The second kappa shape index (κ2) is 8.96. The summed E-state index contributed by atoms with van der Waals surface area (Å²) in [5, 5.41) is 0. The van der Waals surface area contributed by atoms with Gasteiger partial charge in [-0.3, -0.25) is 9.69 Å². The third kappa shape index (κ3) is 4.43. The summed E-state index contributed by atoms with van der Waals surface area (Å²) in [5.41, 5.74) is 2.08. The summed E-state index contributed by atoms with van der Waals surface area (Å²) < 4.78 is 15.6. The zero-order valence-electron chi connectivity index (χ0n) is 14.8. The van der Waals surface area contributed by atoms with Crippen LogP contribution in [0.4, 0.5) is 0 Å². The first-order valence-corrected chi connectivity index (χ1v) is 7.70. The number of hydrogen-bond acceptors (Lipinski definition) is 3. The van der Waals surface area contributed by atoms with Crippen molar-refractivity contribution in [1.29, 1.82) is 0 Å². The first-order valence-electron chi connectivity index (χ1n) is 7.70. The van der Waals surface area contributed by atoms with E-state index in [-0.39, 0.29) is 11.4 Å². The van der Waals surface area contributed by atoms with Crippen molar-refractivity contribution in [1.82, 2.24) is 0 Å². The lowest BCUT2D eigenvalue weighted by Gasteiger charge is -2.08. The summed E-state index contributed by atoms with van der Waals surface area (Å²) in [6, 6.07) is 12.6. The Balaban J connectivity index is 2.41. The quantitative estimate of drug-likeness (QED) is 0.549. The van der Waals surface area contributed by atoms with Gasteiger partial charge in [0.1, 0.15) is 5.75 Å². The monoisotopic (exact) mass is 346 g/mol. The normalized spacial score (nSPS) is 11.3. The highest BCUT2D eigenvalue weighted by atomic mass is 16.5. The van der Waals surface area contributed by atoms with Crippen LogP contribution in [0.2, 0.25) is 0 Å². The Morgan fingerprint density at radius 2 is 1.27 bits per heavy atom. The zero-order valence-corrected chi connectivity index (χ0v) is 14.8. The average molecular weight is 346 g/mol. The molecule has 2 aromatic carbocycles. The maximum absolute atomic E-state index is 7.45. The van der Waals surface area contributed by atoms with E-state index in [9.17, 15) is 0 Å². The molecule has 0 saturated heterocycles. The van der Waals surface area contributed by atoms with Gasteiger partial charge in [-0.1, -0.05) is 30.4 Å². The summed E-state index contributed by atoms with van der Waals surface area (Å²) >= 11 is 0. The highest BCUT2D eigenvalue weighted by Crippen LogP contribution is 2.29. The van der Waals surface area contributed by atoms with Gasteiger partial charge >= 0.3 is 0 Å². The smallest absolute Gasteiger partial charge is 0.195 e. The average Bonchev–Trinajstić information content (AvgIpc) is 2.70. The van der Waals surface area contributed by atoms with Crippen LogP contribution in [0.3, 0.4) is 0 Å². The number of hydrogen-bond donors (Lipinski definition) is 0. The minimum atomic E-state index is 0.253. The van der Waals surface area contributed by atoms with E-state index in [1.165, 1.54) is 0 Å². The highest BCUT2D eigenvalue weighted by molar-refractivity contribution is 5.70. The van der Waals surface area contributed by atoms with E-state index >= 15 is 0 Å². The van der Waals surface area contributed by atoms with Gasteiger partial charge in [-0.05, 0) is 35.4 Å². The standard InChI is InChI=1S/C21H18N2O3/c1-22-18(12-15-6-9-17(24-3)10-7-15)19(23-2)13-16-8-11-20(25-4)21(14-16)26-5/h6-14H,3-5H3/b18-12-,19-13-. The van der Waals surface area contributed by atoms with Gasteiger partial charge < -0.3 is 14.2 Å². The molecular formula is C21H18N2O3. The number of ether oxygens (including phenoxy) is 3. The molecule has 2 rings (SSSR count). The van der Waals surface area contributed by atoms with Gasteiger partial charge in [-0.15, -0.1) is 0 Å². The molecule has 0 N–H and O–H groups in total. The molecule has 0 atom stereocenters. The van der Waals surface area contributed by atoms with E-state index in [1.54, 1.807) is 45.6 Å². The third-order valence-corrected chi connectivity index (χ3v) is 3.63. The van der Waals surface area contributed by atoms with Crippen molar-refractivity contribution in [2.24, 2.45) is 0 Å². The molecular weight excluding hydrogens is 328 g/mol. The maximum atomic E-state index is 7.45. The van der Waals surface area contributed by atoms with Crippen molar-refractivity contribution < 1.29 is 14.2 Å². The molecule has 0 aliphatic heterocycles. The van der Waals surface area contributed by atoms with Crippen LogP contribution in [0.25, 0.3) is 21.8 Å².